The molecule has 1 aliphatic rings. The van der Waals surface area contributed by atoms with Crippen LogP contribution in [0.1, 0.15) is 5.56 Å². The molecule has 138 valence electrons. The average molecular weight is 361 g/mol. The quantitative estimate of drug-likeness (QED) is 0.749. The molecule has 0 radical (unpaired) electrons. The first-order valence-corrected chi connectivity index (χ1v) is 9.17. The van der Waals surface area contributed by atoms with Gasteiger partial charge >= 0.3 is 0 Å². The number of aliphatic hydroxyl groups is 2. The third kappa shape index (κ3) is 3.73. The molecule has 0 bridgehead atoms. The standard InChI is InChI=1S/C22H23N3O2/c26-15-20-6-5-17(11-21(20)16-27)14-24-7-9-25(10-8-24)22-12-18-3-1-2-4-19(18)13-23-22/h1-6,11-13,15-16,26-27H,7-10,14H2. The molecule has 5 nitrogen and oxygen atoms in total. The van der Waals surface area contributed by atoms with Gasteiger partial charge in [0, 0.05) is 54.7 Å². The van der Waals surface area contributed by atoms with E-state index in [0.717, 1.165) is 56.6 Å². The van der Waals surface area contributed by atoms with Crippen LogP contribution in [-0.2, 0) is 6.54 Å². The second-order valence-corrected chi connectivity index (χ2v) is 6.87. The maximum Gasteiger partial charge on any atom is 0.129 e. The Morgan fingerprint density at radius 2 is 1.59 bits per heavy atom. The first-order chi connectivity index (χ1) is 13.3. The number of rotatable bonds is 3. The van der Waals surface area contributed by atoms with Gasteiger partial charge in [0.15, 0.2) is 0 Å². The molecule has 2 heterocycles. The third-order valence-electron chi connectivity index (χ3n) is 5.15. The van der Waals surface area contributed by atoms with Gasteiger partial charge in [0.25, 0.3) is 0 Å². The predicted octanol–water partition coefficient (Wildman–Crippen LogP) is 2.15. The number of pyridine rings is 1. The number of nitrogens with zero attached hydrogens (tertiary/aromatic N) is 3. The van der Waals surface area contributed by atoms with E-state index in [0.29, 0.717) is 10.4 Å². The normalized spacial score (nSPS) is 17.0. The number of piperazine rings is 1. The van der Waals surface area contributed by atoms with E-state index < -0.39 is 0 Å². The first kappa shape index (κ1) is 17.4. The maximum absolute atomic E-state index is 9.33. The molecule has 2 N–H and O–H groups in total. The fourth-order valence-electron chi connectivity index (χ4n) is 3.59. The van der Waals surface area contributed by atoms with Gasteiger partial charge in [-0.05, 0) is 23.1 Å². The lowest BCUT2D eigenvalue weighted by atomic mass is 10.1. The number of hydrogen-bond acceptors (Lipinski definition) is 5. The summed E-state index contributed by atoms with van der Waals surface area (Å²) in [5.41, 5.74) is 1.12. The Bertz CT molecular complexity index is 1060. The van der Waals surface area contributed by atoms with Crippen LogP contribution in [0.3, 0.4) is 0 Å². The first-order valence-electron chi connectivity index (χ1n) is 9.17. The number of aliphatic hydroxyl groups excluding tert-OH is 2. The molecule has 1 aromatic heterocycles. The summed E-state index contributed by atoms with van der Waals surface area (Å²) in [4.78, 5) is 9.36. The van der Waals surface area contributed by atoms with E-state index in [1.807, 2.05) is 30.5 Å². The topological polar surface area (TPSA) is 59.8 Å². The molecule has 0 aliphatic carbocycles. The van der Waals surface area contributed by atoms with Crippen LogP contribution in [0.15, 0.2) is 54.7 Å². The molecule has 0 unspecified atom stereocenters. The third-order valence-corrected chi connectivity index (χ3v) is 5.15. The van der Waals surface area contributed by atoms with Crippen LogP contribution >= 0.6 is 0 Å². The Morgan fingerprint density at radius 1 is 0.852 bits per heavy atom. The molecule has 0 atom stereocenters. The zero-order chi connectivity index (χ0) is 18.6. The minimum atomic E-state index is 0.619. The van der Waals surface area contributed by atoms with Crippen molar-refractivity contribution in [3.05, 3.63) is 70.7 Å². The Kier molecular flexibility index (Phi) is 4.94. The van der Waals surface area contributed by atoms with E-state index in [2.05, 4.69) is 39.0 Å². The molecule has 27 heavy (non-hydrogen) atoms. The zero-order valence-corrected chi connectivity index (χ0v) is 15.1. The highest BCUT2D eigenvalue weighted by Crippen LogP contribution is 2.20. The number of hydrogen-bond donors (Lipinski definition) is 2. The van der Waals surface area contributed by atoms with Gasteiger partial charge in [0.1, 0.15) is 5.82 Å². The summed E-state index contributed by atoms with van der Waals surface area (Å²) in [5.74, 6) is 1.04. The molecule has 5 heteroatoms. The molecule has 3 aromatic rings. The molecule has 1 fully saturated rings. The van der Waals surface area contributed by atoms with Crippen molar-refractivity contribution >= 4 is 29.1 Å². The minimum Gasteiger partial charge on any atom is -0.515 e. The van der Waals surface area contributed by atoms with Gasteiger partial charge < -0.3 is 15.1 Å². The van der Waals surface area contributed by atoms with E-state index in [4.69, 9.17) is 0 Å². The molecule has 0 saturated carbocycles. The van der Waals surface area contributed by atoms with Gasteiger partial charge in [0.05, 0.1) is 12.5 Å². The Balaban J connectivity index is 1.43. The molecule has 2 aromatic carbocycles. The highest BCUT2D eigenvalue weighted by Gasteiger charge is 2.18. The van der Waals surface area contributed by atoms with Gasteiger partial charge in [-0.1, -0.05) is 36.4 Å². The monoisotopic (exact) mass is 361 g/mol. The Morgan fingerprint density at radius 3 is 2.33 bits per heavy atom. The van der Waals surface area contributed by atoms with Crippen LogP contribution in [0.25, 0.3) is 23.3 Å². The van der Waals surface area contributed by atoms with Gasteiger partial charge in [-0.25, -0.2) is 4.98 Å². The molecule has 1 saturated heterocycles. The van der Waals surface area contributed by atoms with Crippen molar-refractivity contribution in [3.8, 4) is 0 Å². The van der Waals surface area contributed by atoms with Crippen LogP contribution < -0.4 is 15.3 Å². The van der Waals surface area contributed by atoms with E-state index in [9.17, 15) is 10.2 Å². The summed E-state index contributed by atoms with van der Waals surface area (Å²) in [6.45, 7) is 4.62. The summed E-state index contributed by atoms with van der Waals surface area (Å²) >= 11 is 0. The van der Waals surface area contributed by atoms with Gasteiger partial charge in [-0.15, -0.1) is 0 Å². The summed E-state index contributed by atoms with van der Waals surface area (Å²) in [7, 11) is 0. The second-order valence-electron chi connectivity index (χ2n) is 6.87. The van der Waals surface area contributed by atoms with E-state index >= 15 is 0 Å². The molecular weight excluding hydrogens is 338 g/mol. The average Bonchev–Trinajstić information content (AvgIpc) is 2.74. The number of fused-ring (bicyclic) bond motifs is 1. The lowest BCUT2D eigenvalue weighted by molar-refractivity contribution is 0.249. The molecule has 0 spiro atoms. The molecular formula is C22H23N3O2. The van der Waals surface area contributed by atoms with E-state index in [-0.39, 0.29) is 0 Å². The Hall–Kier alpha value is -3.05. The largest absolute Gasteiger partial charge is 0.515 e. The van der Waals surface area contributed by atoms with E-state index in [1.165, 1.54) is 10.8 Å². The molecule has 0 amide bonds. The maximum atomic E-state index is 9.33. The summed E-state index contributed by atoms with van der Waals surface area (Å²) in [6, 6.07) is 16.2. The van der Waals surface area contributed by atoms with Gasteiger partial charge in [-0.3, -0.25) is 4.90 Å². The highest BCUT2D eigenvalue weighted by atomic mass is 16.2. The van der Waals surface area contributed by atoms with Crippen molar-refractivity contribution in [2.24, 2.45) is 0 Å². The van der Waals surface area contributed by atoms with Gasteiger partial charge in [0.2, 0.25) is 0 Å². The lowest BCUT2D eigenvalue weighted by Gasteiger charge is -2.35. The molecule has 1 aliphatic heterocycles. The number of anilines is 1. The predicted molar refractivity (Wildman–Crippen MR) is 109 cm³/mol. The van der Waals surface area contributed by atoms with Crippen LogP contribution in [-0.4, -0.2) is 46.3 Å². The fourth-order valence-corrected chi connectivity index (χ4v) is 3.59. The van der Waals surface area contributed by atoms with Crippen molar-refractivity contribution in [1.82, 2.24) is 9.88 Å². The van der Waals surface area contributed by atoms with Crippen LogP contribution in [0.4, 0.5) is 5.82 Å². The van der Waals surface area contributed by atoms with Crippen molar-refractivity contribution in [2.45, 2.75) is 6.54 Å². The lowest BCUT2D eigenvalue weighted by Crippen LogP contribution is -2.46. The number of benzene rings is 2. The van der Waals surface area contributed by atoms with Crippen molar-refractivity contribution < 1.29 is 10.2 Å². The van der Waals surface area contributed by atoms with Crippen molar-refractivity contribution in [3.63, 3.8) is 0 Å². The summed E-state index contributed by atoms with van der Waals surface area (Å²) in [6.07, 6.45) is 4.00. The highest BCUT2D eigenvalue weighted by molar-refractivity contribution is 5.83. The SMILES string of the molecule is OC=c1ccc(CN2CCN(c3cc4ccccc4cn3)CC2)cc1=CO. The second kappa shape index (κ2) is 7.68. The van der Waals surface area contributed by atoms with Crippen molar-refractivity contribution in [1.29, 1.82) is 0 Å². The number of aromatic nitrogens is 1. The summed E-state index contributed by atoms with van der Waals surface area (Å²) in [5, 5.41) is 22.2. The van der Waals surface area contributed by atoms with Crippen molar-refractivity contribution in [2.75, 3.05) is 31.1 Å². The van der Waals surface area contributed by atoms with Gasteiger partial charge in [-0.2, -0.15) is 0 Å². The fraction of sp³-hybridized carbons (Fsp3) is 0.227. The van der Waals surface area contributed by atoms with Crippen LogP contribution in [0.5, 0.6) is 0 Å². The molecule has 4 rings (SSSR count). The van der Waals surface area contributed by atoms with E-state index in [1.54, 1.807) is 0 Å². The summed E-state index contributed by atoms with van der Waals surface area (Å²) < 4.78 is 0. The van der Waals surface area contributed by atoms with Crippen LogP contribution in [0.2, 0.25) is 0 Å². The van der Waals surface area contributed by atoms with Crippen LogP contribution in [0, 0.1) is 0 Å². The Labute approximate surface area is 158 Å². The zero-order valence-electron chi connectivity index (χ0n) is 15.1. The smallest absolute Gasteiger partial charge is 0.129 e. The minimum absolute atomic E-state index is 0.619.